The normalized spacial score (nSPS) is 13.0. The summed E-state index contributed by atoms with van der Waals surface area (Å²) in [5, 5.41) is 2.41. The van der Waals surface area contributed by atoms with Crippen molar-refractivity contribution in [3.63, 3.8) is 0 Å². The highest BCUT2D eigenvalue weighted by molar-refractivity contribution is 5.46. The first-order chi connectivity index (χ1) is 6.50. The summed E-state index contributed by atoms with van der Waals surface area (Å²) in [7, 11) is 0. The predicted molar refractivity (Wildman–Crippen MR) is 50.2 cm³/mol. The van der Waals surface area contributed by atoms with E-state index in [-0.39, 0.29) is 5.69 Å². The summed E-state index contributed by atoms with van der Waals surface area (Å²) in [5.41, 5.74) is 0.876. The van der Waals surface area contributed by atoms with Crippen LogP contribution >= 0.6 is 0 Å². The number of nitrogens with one attached hydrogen (secondary N) is 1. The molecule has 0 aliphatic carbocycles. The van der Waals surface area contributed by atoms with Crippen LogP contribution in [-0.2, 0) is 0 Å². The van der Waals surface area contributed by atoms with Gasteiger partial charge in [-0.25, -0.2) is 13.2 Å². The first kappa shape index (κ1) is 10.9. The highest BCUT2D eigenvalue weighted by atomic mass is 19.3. The third kappa shape index (κ3) is 2.65. The second-order valence-electron chi connectivity index (χ2n) is 3.25. The fourth-order valence-electron chi connectivity index (χ4n) is 1.05. The van der Waals surface area contributed by atoms with Crippen LogP contribution in [0.3, 0.4) is 0 Å². The highest BCUT2D eigenvalue weighted by Gasteiger charge is 2.15. The molecule has 1 rings (SSSR count). The summed E-state index contributed by atoms with van der Waals surface area (Å²) in [6, 6.07) is 3.39. The molecule has 0 saturated carbocycles. The minimum Gasteiger partial charge on any atom is -0.375 e. The van der Waals surface area contributed by atoms with Gasteiger partial charge in [0.05, 0.1) is 11.7 Å². The average molecular weight is 203 g/mol. The van der Waals surface area contributed by atoms with E-state index in [0.29, 0.717) is 0 Å². The summed E-state index contributed by atoms with van der Waals surface area (Å²) in [6.07, 6.45) is -2.50. The molecule has 1 atom stereocenters. The number of rotatable bonds is 3. The van der Waals surface area contributed by atoms with Crippen LogP contribution < -0.4 is 5.32 Å². The molecule has 1 N–H and O–H groups in total. The van der Waals surface area contributed by atoms with Crippen molar-refractivity contribution in [3.8, 4) is 0 Å². The van der Waals surface area contributed by atoms with Gasteiger partial charge in [0.15, 0.2) is 0 Å². The van der Waals surface area contributed by atoms with Gasteiger partial charge in [-0.15, -0.1) is 0 Å². The Balaban J connectivity index is 2.77. The monoisotopic (exact) mass is 203 g/mol. The number of alkyl halides is 2. The Hall–Kier alpha value is -1.19. The molecule has 0 aliphatic heterocycles. The van der Waals surface area contributed by atoms with Crippen molar-refractivity contribution in [2.45, 2.75) is 26.3 Å². The van der Waals surface area contributed by atoms with Gasteiger partial charge in [0, 0.05) is 0 Å². The molecule has 4 heteroatoms. The maximum atomic E-state index is 13.2. The van der Waals surface area contributed by atoms with Crippen LogP contribution in [0, 0.1) is 12.7 Å². The van der Waals surface area contributed by atoms with Gasteiger partial charge >= 0.3 is 0 Å². The predicted octanol–water partition coefficient (Wildman–Crippen LogP) is 3.20. The van der Waals surface area contributed by atoms with Gasteiger partial charge in [-0.2, -0.15) is 0 Å². The molecule has 14 heavy (non-hydrogen) atoms. The third-order valence-electron chi connectivity index (χ3n) is 1.89. The van der Waals surface area contributed by atoms with Crippen LogP contribution in [0.25, 0.3) is 0 Å². The average Bonchev–Trinajstić information content (AvgIpc) is 2.09. The Morgan fingerprint density at radius 3 is 2.43 bits per heavy atom. The Labute approximate surface area is 80.9 Å². The second kappa shape index (κ2) is 4.35. The van der Waals surface area contributed by atoms with Crippen LogP contribution in [0.1, 0.15) is 12.5 Å². The molecule has 1 unspecified atom stereocenters. The largest absolute Gasteiger partial charge is 0.375 e. The van der Waals surface area contributed by atoms with E-state index in [1.807, 2.05) is 0 Å². The van der Waals surface area contributed by atoms with Crippen molar-refractivity contribution in [3.05, 3.63) is 29.6 Å². The van der Waals surface area contributed by atoms with Gasteiger partial charge in [-0.1, -0.05) is 6.07 Å². The number of benzene rings is 1. The topological polar surface area (TPSA) is 12.0 Å². The molecule has 0 amide bonds. The first-order valence-corrected chi connectivity index (χ1v) is 4.31. The Morgan fingerprint density at radius 1 is 1.29 bits per heavy atom. The summed E-state index contributed by atoms with van der Waals surface area (Å²) < 4.78 is 37.4. The summed E-state index contributed by atoms with van der Waals surface area (Å²) in [4.78, 5) is 0. The Morgan fingerprint density at radius 2 is 1.93 bits per heavy atom. The lowest BCUT2D eigenvalue weighted by Crippen LogP contribution is -2.24. The molecule has 1 nitrogen and oxygen atoms in total. The maximum Gasteiger partial charge on any atom is 0.258 e. The van der Waals surface area contributed by atoms with Crippen LogP contribution in [0.2, 0.25) is 0 Å². The molecule has 78 valence electrons. The third-order valence-corrected chi connectivity index (χ3v) is 1.89. The van der Waals surface area contributed by atoms with Gasteiger partial charge < -0.3 is 5.32 Å². The lowest BCUT2D eigenvalue weighted by atomic mass is 10.2. The molecule has 0 bridgehead atoms. The van der Waals surface area contributed by atoms with E-state index in [2.05, 4.69) is 5.32 Å². The minimum absolute atomic E-state index is 0.114. The van der Waals surface area contributed by atoms with E-state index < -0.39 is 18.3 Å². The van der Waals surface area contributed by atoms with E-state index in [9.17, 15) is 13.2 Å². The molecular formula is C10H12F3N. The zero-order valence-electron chi connectivity index (χ0n) is 8.02. The summed E-state index contributed by atoms with van der Waals surface area (Å²) in [6.45, 7) is 3.05. The van der Waals surface area contributed by atoms with Crippen LogP contribution in [0.4, 0.5) is 18.9 Å². The smallest absolute Gasteiger partial charge is 0.258 e. The van der Waals surface area contributed by atoms with Crippen molar-refractivity contribution in [1.82, 2.24) is 0 Å². The number of halogens is 3. The van der Waals surface area contributed by atoms with Crippen LogP contribution in [0.5, 0.6) is 0 Å². The van der Waals surface area contributed by atoms with E-state index in [1.165, 1.54) is 19.1 Å². The molecule has 1 aromatic carbocycles. The van der Waals surface area contributed by atoms with Gasteiger partial charge in [-0.05, 0) is 31.5 Å². The van der Waals surface area contributed by atoms with Crippen LogP contribution in [-0.4, -0.2) is 12.5 Å². The van der Waals surface area contributed by atoms with Gasteiger partial charge in [0.2, 0.25) is 0 Å². The first-order valence-electron chi connectivity index (χ1n) is 4.31. The minimum atomic E-state index is -2.50. The van der Waals surface area contributed by atoms with Crippen molar-refractivity contribution in [1.29, 1.82) is 0 Å². The number of aryl methyl sites for hydroxylation is 1. The molecule has 0 fully saturated rings. The van der Waals surface area contributed by atoms with Gasteiger partial charge in [0.25, 0.3) is 6.43 Å². The molecule has 1 aromatic rings. The van der Waals surface area contributed by atoms with Gasteiger partial charge in [-0.3, -0.25) is 0 Å². The quantitative estimate of drug-likeness (QED) is 0.795. The molecule has 0 saturated heterocycles. The maximum absolute atomic E-state index is 13.2. The van der Waals surface area contributed by atoms with E-state index in [4.69, 9.17) is 0 Å². The fraction of sp³-hybridized carbons (Fsp3) is 0.400. The number of anilines is 1. The Kier molecular flexibility index (Phi) is 3.38. The van der Waals surface area contributed by atoms with Crippen molar-refractivity contribution < 1.29 is 13.2 Å². The zero-order chi connectivity index (χ0) is 10.7. The van der Waals surface area contributed by atoms with Gasteiger partial charge in [0.1, 0.15) is 5.82 Å². The molecule has 0 aliphatic rings. The number of hydrogen-bond donors (Lipinski definition) is 1. The lowest BCUT2D eigenvalue weighted by molar-refractivity contribution is 0.130. The molecule has 0 spiro atoms. The molecule has 0 aromatic heterocycles. The zero-order valence-corrected chi connectivity index (χ0v) is 8.02. The molecule has 0 radical (unpaired) electrons. The molecular weight excluding hydrogens is 191 g/mol. The SMILES string of the molecule is Cc1ccc(NC(C)C(F)F)c(F)c1. The van der Waals surface area contributed by atoms with Crippen LogP contribution in [0.15, 0.2) is 18.2 Å². The van der Waals surface area contributed by atoms with Crippen molar-refractivity contribution in [2.24, 2.45) is 0 Å². The van der Waals surface area contributed by atoms with Crippen molar-refractivity contribution >= 4 is 5.69 Å². The summed E-state index contributed by atoms with van der Waals surface area (Å²) in [5.74, 6) is -0.502. The fourth-order valence-corrected chi connectivity index (χ4v) is 1.05. The standard InChI is InChI=1S/C10H12F3N/c1-6-3-4-9(8(11)5-6)14-7(2)10(12)13/h3-5,7,10,14H,1-2H3. The van der Waals surface area contributed by atoms with E-state index >= 15 is 0 Å². The van der Waals surface area contributed by atoms with E-state index in [0.717, 1.165) is 5.56 Å². The van der Waals surface area contributed by atoms with E-state index in [1.54, 1.807) is 13.0 Å². The number of hydrogen-bond acceptors (Lipinski definition) is 1. The summed E-state index contributed by atoms with van der Waals surface area (Å²) >= 11 is 0. The molecule has 0 heterocycles. The Bertz CT molecular complexity index is 312. The van der Waals surface area contributed by atoms with Crippen molar-refractivity contribution in [2.75, 3.05) is 5.32 Å². The highest BCUT2D eigenvalue weighted by Crippen LogP contribution is 2.17. The lowest BCUT2D eigenvalue weighted by Gasteiger charge is -2.14. The second-order valence-corrected chi connectivity index (χ2v) is 3.25.